The molecule has 2 heterocycles. The minimum Gasteiger partial charge on any atom is -0.325 e. The molecule has 1 aliphatic rings. The molecule has 6 nitrogen and oxygen atoms in total. The molecule has 3 N–H and O–H groups in total. The zero-order chi connectivity index (χ0) is 11.5. The number of nitrogens with zero attached hydrogens (tertiary/aromatic N) is 2. The topological polar surface area (TPSA) is 88.3 Å². The number of anilines is 1. The maximum atomic E-state index is 11.5. The summed E-state index contributed by atoms with van der Waals surface area (Å²) in [6.07, 6.45) is 1.91. The molecular weight excluding hydrogens is 208 g/mol. The Morgan fingerprint density at radius 2 is 2.31 bits per heavy atom. The number of nitrogens with two attached hydrogens (primary N) is 1. The number of imide groups is 1. The number of amides is 3. The van der Waals surface area contributed by atoms with E-state index in [4.69, 9.17) is 5.73 Å². The summed E-state index contributed by atoms with van der Waals surface area (Å²) in [6.45, 7) is 0.709. The molecule has 0 aliphatic carbocycles. The largest absolute Gasteiger partial charge is 0.328 e. The number of carbonyl (C=O) groups excluding carboxylic acids is 2. The van der Waals surface area contributed by atoms with Crippen LogP contribution in [0.2, 0.25) is 0 Å². The highest BCUT2D eigenvalue weighted by Crippen LogP contribution is 2.16. The number of hydrogen-bond donors (Lipinski definition) is 2. The number of hydrogen-bond acceptors (Lipinski definition) is 4. The second kappa shape index (κ2) is 4.28. The van der Waals surface area contributed by atoms with Crippen LogP contribution in [0.15, 0.2) is 18.3 Å². The van der Waals surface area contributed by atoms with Crippen molar-refractivity contribution in [2.75, 3.05) is 11.4 Å². The Hall–Kier alpha value is -1.95. The van der Waals surface area contributed by atoms with Gasteiger partial charge in [0.05, 0.1) is 5.69 Å². The molecule has 0 unspecified atom stereocenters. The molecular formula is C10H12N4O2. The van der Waals surface area contributed by atoms with Crippen molar-refractivity contribution in [2.24, 2.45) is 5.73 Å². The third-order valence-corrected chi connectivity index (χ3v) is 2.37. The van der Waals surface area contributed by atoms with Crippen LogP contribution in [0.25, 0.3) is 0 Å². The van der Waals surface area contributed by atoms with Gasteiger partial charge in [-0.1, -0.05) is 0 Å². The lowest BCUT2D eigenvalue weighted by Crippen LogP contribution is -2.49. The van der Waals surface area contributed by atoms with Crippen LogP contribution in [0, 0.1) is 0 Å². The van der Waals surface area contributed by atoms with Crippen LogP contribution in [0.4, 0.5) is 10.5 Å². The lowest BCUT2D eigenvalue weighted by atomic mass is 10.2. The van der Waals surface area contributed by atoms with Gasteiger partial charge in [-0.3, -0.25) is 20.0 Å². The van der Waals surface area contributed by atoms with E-state index >= 15 is 0 Å². The summed E-state index contributed by atoms with van der Waals surface area (Å²) in [4.78, 5) is 28.1. The number of urea groups is 1. The van der Waals surface area contributed by atoms with Gasteiger partial charge in [0.25, 0.3) is 0 Å². The van der Waals surface area contributed by atoms with Crippen LogP contribution in [0.1, 0.15) is 12.1 Å². The summed E-state index contributed by atoms with van der Waals surface area (Å²) in [6, 6.07) is 3.06. The first kappa shape index (κ1) is 10.6. The second-order valence-electron chi connectivity index (χ2n) is 3.46. The lowest BCUT2D eigenvalue weighted by molar-refractivity contribution is -0.120. The molecule has 3 amide bonds. The van der Waals surface area contributed by atoms with Crippen molar-refractivity contribution < 1.29 is 9.59 Å². The third kappa shape index (κ3) is 2.01. The Morgan fingerprint density at radius 3 is 3.00 bits per heavy atom. The summed E-state index contributed by atoms with van der Waals surface area (Å²) in [5.74, 6) is -0.241. The average Bonchev–Trinajstić information content (AvgIpc) is 2.29. The predicted octanol–water partition coefficient (Wildman–Crippen LogP) is -0.0134. The Bertz CT molecular complexity index is 433. The maximum Gasteiger partial charge on any atom is 0.328 e. The van der Waals surface area contributed by atoms with Crippen LogP contribution in [0.3, 0.4) is 0 Å². The standard InChI is InChI=1S/C10H12N4O2/c11-6-7-5-8(1-3-12-7)14-4-2-9(15)13-10(14)16/h1,3,5H,2,4,6,11H2,(H,13,15,16). The first-order valence-electron chi connectivity index (χ1n) is 4.97. The summed E-state index contributed by atoms with van der Waals surface area (Å²) < 4.78 is 0. The van der Waals surface area contributed by atoms with Gasteiger partial charge >= 0.3 is 6.03 Å². The van der Waals surface area contributed by atoms with Crippen LogP contribution < -0.4 is 16.0 Å². The fourth-order valence-electron chi connectivity index (χ4n) is 1.56. The molecule has 84 valence electrons. The molecule has 1 aromatic rings. The van der Waals surface area contributed by atoms with Crippen LogP contribution in [0.5, 0.6) is 0 Å². The first-order chi connectivity index (χ1) is 7.70. The Labute approximate surface area is 92.4 Å². The van der Waals surface area contributed by atoms with Gasteiger partial charge in [0.2, 0.25) is 5.91 Å². The minimum absolute atomic E-state index is 0.241. The van der Waals surface area contributed by atoms with Gasteiger partial charge in [-0.05, 0) is 12.1 Å². The van der Waals surface area contributed by atoms with E-state index in [0.29, 0.717) is 30.9 Å². The zero-order valence-electron chi connectivity index (χ0n) is 8.64. The molecule has 0 saturated carbocycles. The van der Waals surface area contributed by atoms with E-state index < -0.39 is 6.03 Å². The van der Waals surface area contributed by atoms with E-state index in [0.717, 1.165) is 0 Å². The highest BCUT2D eigenvalue weighted by molar-refractivity contribution is 6.05. The van der Waals surface area contributed by atoms with Crippen molar-refractivity contribution in [3.05, 3.63) is 24.0 Å². The molecule has 2 rings (SSSR count). The van der Waals surface area contributed by atoms with E-state index in [2.05, 4.69) is 10.3 Å². The molecule has 0 bridgehead atoms. The number of pyridine rings is 1. The number of aromatic nitrogens is 1. The van der Waals surface area contributed by atoms with E-state index in [1.165, 1.54) is 4.90 Å². The van der Waals surface area contributed by atoms with E-state index in [1.54, 1.807) is 18.3 Å². The second-order valence-corrected chi connectivity index (χ2v) is 3.46. The molecule has 6 heteroatoms. The Morgan fingerprint density at radius 1 is 1.50 bits per heavy atom. The van der Waals surface area contributed by atoms with Gasteiger partial charge in [0.1, 0.15) is 0 Å². The Kier molecular flexibility index (Phi) is 2.82. The normalized spacial score (nSPS) is 16.2. The van der Waals surface area contributed by atoms with E-state index in [1.807, 2.05) is 0 Å². The summed E-state index contributed by atoms with van der Waals surface area (Å²) in [5.41, 5.74) is 6.89. The van der Waals surface area contributed by atoms with Gasteiger partial charge in [0.15, 0.2) is 0 Å². The van der Waals surface area contributed by atoms with Gasteiger partial charge in [-0.15, -0.1) is 0 Å². The number of rotatable bonds is 2. The smallest absolute Gasteiger partial charge is 0.325 e. The minimum atomic E-state index is -0.398. The molecule has 0 aromatic carbocycles. The highest BCUT2D eigenvalue weighted by Gasteiger charge is 2.24. The maximum absolute atomic E-state index is 11.5. The quantitative estimate of drug-likeness (QED) is 0.733. The van der Waals surface area contributed by atoms with Crippen molar-refractivity contribution in [1.82, 2.24) is 10.3 Å². The summed E-state index contributed by atoms with van der Waals surface area (Å²) in [7, 11) is 0. The van der Waals surface area contributed by atoms with Crippen LogP contribution in [-0.2, 0) is 11.3 Å². The first-order valence-corrected chi connectivity index (χ1v) is 4.97. The fraction of sp³-hybridized carbons (Fsp3) is 0.300. The molecule has 0 atom stereocenters. The number of nitrogens with one attached hydrogen (secondary N) is 1. The van der Waals surface area contributed by atoms with Crippen molar-refractivity contribution in [2.45, 2.75) is 13.0 Å². The summed E-state index contributed by atoms with van der Waals surface area (Å²) >= 11 is 0. The monoisotopic (exact) mass is 220 g/mol. The van der Waals surface area contributed by atoms with Gasteiger partial charge in [0, 0.05) is 31.4 Å². The lowest BCUT2D eigenvalue weighted by Gasteiger charge is -2.26. The molecule has 1 fully saturated rings. The van der Waals surface area contributed by atoms with Gasteiger partial charge in [-0.2, -0.15) is 0 Å². The molecule has 1 aliphatic heterocycles. The molecule has 16 heavy (non-hydrogen) atoms. The fourth-order valence-corrected chi connectivity index (χ4v) is 1.56. The average molecular weight is 220 g/mol. The van der Waals surface area contributed by atoms with Crippen molar-refractivity contribution in [3.63, 3.8) is 0 Å². The van der Waals surface area contributed by atoms with Crippen molar-refractivity contribution in [1.29, 1.82) is 0 Å². The molecule has 0 spiro atoms. The third-order valence-electron chi connectivity index (χ3n) is 2.37. The predicted molar refractivity (Wildman–Crippen MR) is 57.6 cm³/mol. The van der Waals surface area contributed by atoms with E-state index in [-0.39, 0.29) is 5.91 Å². The molecule has 1 aromatic heterocycles. The molecule has 0 radical (unpaired) electrons. The van der Waals surface area contributed by atoms with Crippen molar-refractivity contribution in [3.8, 4) is 0 Å². The van der Waals surface area contributed by atoms with Gasteiger partial charge < -0.3 is 5.73 Å². The Balaban J connectivity index is 2.23. The zero-order valence-corrected chi connectivity index (χ0v) is 8.64. The SMILES string of the molecule is NCc1cc(N2CCC(=O)NC2=O)ccn1. The van der Waals surface area contributed by atoms with E-state index in [9.17, 15) is 9.59 Å². The van der Waals surface area contributed by atoms with Crippen molar-refractivity contribution >= 4 is 17.6 Å². The summed E-state index contributed by atoms with van der Waals surface area (Å²) in [5, 5.41) is 2.26. The van der Waals surface area contributed by atoms with Crippen LogP contribution >= 0.6 is 0 Å². The number of carbonyl (C=O) groups is 2. The molecule has 1 saturated heterocycles. The highest BCUT2D eigenvalue weighted by atomic mass is 16.2. The van der Waals surface area contributed by atoms with Crippen LogP contribution in [-0.4, -0.2) is 23.5 Å². The van der Waals surface area contributed by atoms with Gasteiger partial charge in [-0.25, -0.2) is 4.79 Å².